The highest BCUT2D eigenvalue weighted by Crippen LogP contribution is 2.26. The summed E-state index contributed by atoms with van der Waals surface area (Å²) in [5.41, 5.74) is 0.553. The average molecular weight is 379 g/mol. The number of carbonyl (C=O) groups excluding carboxylic acids is 2. The first-order valence-electron chi connectivity index (χ1n) is 9.04. The minimum absolute atomic E-state index is 0.0865. The molecule has 142 valence electrons. The van der Waals surface area contributed by atoms with Crippen LogP contribution in [0.2, 0.25) is 0 Å². The van der Waals surface area contributed by atoms with Crippen LogP contribution in [0.1, 0.15) is 32.6 Å². The number of piperidine rings is 1. The van der Waals surface area contributed by atoms with Gasteiger partial charge in [-0.3, -0.25) is 9.59 Å². The maximum Gasteiger partial charge on any atom is 0.243 e. The molecule has 2 fully saturated rings. The van der Waals surface area contributed by atoms with E-state index in [1.54, 1.807) is 12.1 Å². The molecule has 2 heterocycles. The van der Waals surface area contributed by atoms with E-state index in [1.165, 1.54) is 23.4 Å². The number of hydrogen-bond acceptors (Lipinski definition) is 4. The quantitative estimate of drug-likeness (QED) is 0.862. The Morgan fingerprint density at radius 2 is 1.69 bits per heavy atom. The second-order valence-corrected chi connectivity index (χ2v) is 8.88. The smallest absolute Gasteiger partial charge is 0.243 e. The Hall–Kier alpha value is -1.93. The number of amides is 2. The maximum atomic E-state index is 12.9. The molecular weight excluding hydrogens is 354 g/mol. The minimum Gasteiger partial charge on any atom is -0.342 e. The Kier molecular flexibility index (Phi) is 5.62. The van der Waals surface area contributed by atoms with Crippen LogP contribution in [-0.4, -0.2) is 55.6 Å². The van der Waals surface area contributed by atoms with E-state index in [1.807, 2.05) is 4.90 Å². The van der Waals surface area contributed by atoms with Crippen LogP contribution in [0, 0.1) is 5.92 Å². The number of nitrogens with one attached hydrogen (secondary N) is 1. The fourth-order valence-corrected chi connectivity index (χ4v) is 5.14. The Labute approximate surface area is 154 Å². The molecule has 0 saturated carbocycles. The highest BCUT2D eigenvalue weighted by Gasteiger charge is 2.35. The van der Waals surface area contributed by atoms with Gasteiger partial charge in [-0.1, -0.05) is 0 Å². The number of carbonyl (C=O) groups is 2. The molecule has 1 unspecified atom stereocenters. The second-order valence-electron chi connectivity index (χ2n) is 6.94. The summed E-state index contributed by atoms with van der Waals surface area (Å²) in [5.74, 6) is -0.376. The number of benzene rings is 1. The van der Waals surface area contributed by atoms with Gasteiger partial charge in [-0.25, -0.2) is 8.42 Å². The fourth-order valence-electron chi connectivity index (χ4n) is 3.62. The fraction of sp³-hybridized carbons (Fsp3) is 0.556. The van der Waals surface area contributed by atoms with Gasteiger partial charge in [-0.15, -0.1) is 0 Å². The molecule has 7 nitrogen and oxygen atoms in total. The van der Waals surface area contributed by atoms with E-state index >= 15 is 0 Å². The van der Waals surface area contributed by atoms with Crippen LogP contribution in [0.4, 0.5) is 5.69 Å². The Balaban J connectivity index is 1.71. The van der Waals surface area contributed by atoms with Crippen molar-refractivity contribution < 1.29 is 18.0 Å². The summed E-state index contributed by atoms with van der Waals surface area (Å²) < 4.78 is 27.3. The molecule has 1 aromatic carbocycles. The molecule has 1 atom stereocenters. The lowest BCUT2D eigenvalue weighted by Crippen LogP contribution is -2.46. The highest BCUT2D eigenvalue weighted by atomic mass is 32.2. The third-order valence-corrected chi connectivity index (χ3v) is 6.84. The van der Waals surface area contributed by atoms with Gasteiger partial charge < -0.3 is 10.2 Å². The number of likely N-dealkylation sites (tertiary alicyclic amines) is 1. The number of hydrogen-bond donors (Lipinski definition) is 1. The summed E-state index contributed by atoms with van der Waals surface area (Å²) in [4.78, 5) is 25.7. The normalized spacial score (nSPS) is 21.6. The van der Waals surface area contributed by atoms with Crippen LogP contribution in [0.15, 0.2) is 29.2 Å². The predicted octanol–water partition coefficient (Wildman–Crippen LogP) is 1.67. The monoisotopic (exact) mass is 379 g/mol. The molecule has 0 aliphatic carbocycles. The van der Waals surface area contributed by atoms with Gasteiger partial charge in [-0.05, 0) is 49.9 Å². The Morgan fingerprint density at radius 3 is 2.31 bits per heavy atom. The maximum absolute atomic E-state index is 12.9. The van der Waals surface area contributed by atoms with Crippen molar-refractivity contribution >= 4 is 27.5 Å². The molecule has 0 aromatic heterocycles. The van der Waals surface area contributed by atoms with E-state index in [0.29, 0.717) is 18.7 Å². The molecule has 3 rings (SSSR count). The molecule has 2 aliphatic rings. The molecule has 2 aliphatic heterocycles. The zero-order chi connectivity index (χ0) is 18.7. The van der Waals surface area contributed by atoms with Crippen LogP contribution in [0.5, 0.6) is 0 Å². The van der Waals surface area contributed by atoms with Crippen molar-refractivity contribution in [3.05, 3.63) is 24.3 Å². The van der Waals surface area contributed by atoms with Crippen molar-refractivity contribution in [2.75, 3.05) is 31.5 Å². The van der Waals surface area contributed by atoms with E-state index < -0.39 is 10.0 Å². The summed E-state index contributed by atoms with van der Waals surface area (Å²) in [7, 11) is -3.65. The standard InChI is InChI=1S/C18H25N3O4S/c1-14(22)19-16-6-8-17(9-7-16)26(24,25)21-12-4-5-15(13-21)18(23)20-10-2-3-11-20/h6-9,15H,2-5,10-13H2,1H3,(H,19,22). The van der Waals surface area contributed by atoms with Crippen molar-refractivity contribution in [1.29, 1.82) is 0 Å². The first-order chi connectivity index (χ1) is 12.4. The largest absolute Gasteiger partial charge is 0.342 e. The zero-order valence-electron chi connectivity index (χ0n) is 15.0. The molecule has 1 N–H and O–H groups in total. The van der Waals surface area contributed by atoms with Crippen LogP contribution >= 0.6 is 0 Å². The van der Waals surface area contributed by atoms with E-state index in [2.05, 4.69) is 5.32 Å². The zero-order valence-corrected chi connectivity index (χ0v) is 15.8. The topological polar surface area (TPSA) is 86.8 Å². The van der Waals surface area contributed by atoms with Gasteiger partial charge in [0.25, 0.3) is 0 Å². The van der Waals surface area contributed by atoms with Crippen molar-refractivity contribution in [3.8, 4) is 0 Å². The van der Waals surface area contributed by atoms with Crippen LogP contribution < -0.4 is 5.32 Å². The third kappa shape index (κ3) is 4.07. The lowest BCUT2D eigenvalue weighted by molar-refractivity contribution is -0.135. The van der Waals surface area contributed by atoms with Crippen molar-refractivity contribution in [3.63, 3.8) is 0 Å². The van der Waals surface area contributed by atoms with Crippen molar-refractivity contribution in [2.24, 2.45) is 5.92 Å². The third-order valence-electron chi connectivity index (χ3n) is 4.96. The first kappa shape index (κ1) is 18.8. The summed E-state index contributed by atoms with van der Waals surface area (Å²) in [6.45, 7) is 3.64. The minimum atomic E-state index is -3.65. The van der Waals surface area contributed by atoms with Gasteiger partial charge in [0.2, 0.25) is 21.8 Å². The summed E-state index contributed by atoms with van der Waals surface area (Å²) >= 11 is 0. The summed E-state index contributed by atoms with van der Waals surface area (Å²) in [6.07, 6.45) is 3.48. The molecule has 0 radical (unpaired) electrons. The van der Waals surface area contributed by atoms with Gasteiger partial charge in [0.1, 0.15) is 0 Å². The number of rotatable bonds is 4. The van der Waals surface area contributed by atoms with E-state index in [-0.39, 0.29) is 29.2 Å². The second kappa shape index (κ2) is 7.75. The van der Waals surface area contributed by atoms with Crippen LogP contribution in [0.25, 0.3) is 0 Å². The van der Waals surface area contributed by atoms with E-state index in [0.717, 1.165) is 32.4 Å². The van der Waals surface area contributed by atoms with Gasteiger partial charge in [0.15, 0.2) is 0 Å². The molecule has 0 bridgehead atoms. The van der Waals surface area contributed by atoms with Gasteiger partial charge >= 0.3 is 0 Å². The van der Waals surface area contributed by atoms with Crippen molar-refractivity contribution in [2.45, 2.75) is 37.5 Å². The van der Waals surface area contributed by atoms with Gasteiger partial charge in [0, 0.05) is 38.8 Å². The lowest BCUT2D eigenvalue weighted by Gasteiger charge is -2.33. The van der Waals surface area contributed by atoms with E-state index in [4.69, 9.17) is 0 Å². The first-order valence-corrected chi connectivity index (χ1v) is 10.5. The average Bonchev–Trinajstić information content (AvgIpc) is 3.16. The SMILES string of the molecule is CC(=O)Nc1ccc(S(=O)(=O)N2CCCC(C(=O)N3CCCC3)C2)cc1. The van der Waals surface area contributed by atoms with E-state index in [9.17, 15) is 18.0 Å². The molecular formula is C18H25N3O4S. The molecule has 0 spiro atoms. The summed E-state index contributed by atoms with van der Waals surface area (Å²) in [5, 5.41) is 2.62. The van der Waals surface area contributed by atoms with Crippen LogP contribution in [0.3, 0.4) is 0 Å². The number of anilines is 1. The molecule has 1 aromatic rings. The molecule has 26 heavy (non-hydrogen) atoms. The van der Waals surface area contributed by atoms with Crippen LogP contribution in [-0.2, 0) is 19.6 Å². The van der Waals surface area contributed by atoms with Gasteiger partial charge in [0.05, 0.1) is 10.8 Å². The predicted molar refractivity (Wildman–Crippen MR) is 98.0 cm³/mol. The molecule has 2 saturated heterocycles. The Morgan fingerprint density at radius 1 is 1.04 bits per heavy atom. The highest BCUT2D eigenvalue weighted by molar-refractivity contribution is 7.89. The lowest BCUT2D eigenvalue weighted by atomic mass is 9.98. The number of sulfonamides is 1. The summed E-state index contributed by atoms with van der Waals surface area (Å²) in [6, 6.07) is 6.13. The molecule has 8 heteroatoms. The number of nitrogens with zero attached hydrogens (tertiary/aromatic N) is 2. The van der Waals surface area contributed by atoms with Crippen molar-refractivity contribution in [1.82, 2.24) is 9.21 Å². The molecule has 2 amide bonds. The Bertz CT molecular complexity index is 770. The van der Waals surface area contributed by atoms with Gasteiger partial charge in [-0.2, -0.15) is 4.31 Å².